The molecule has 7 heteroatoms. The number of hydrogen-bond donors (Lipinski definition) is 2. The smallest absolute Gasteiger partial charge is 0.233 e. The molecule has 0 aromatic carbocycles. The van der Waals surface area contributed by atoms with Crippen LogP contribution < -0.4 is 11.1 Å². The maximum Gasteiger partial charge on any atom is 0.233 e. The Hall–Kier alpha value is -1.50. The first-order valence-corrected chi connectivity index (χ1v) is 5.62. The van der Waals surface area contributed by atoms with E-state index in [2.05, 4.69) is 15.5 Å². The van der Waals surface area contributed by atoms with Gasteiger partial charge in [0.1, 0.15) is 6.33 Å². The van der Waals surface area contributed by atoms with Gasteiger partial charge in [0.15, 0.2) is 5.82 Å². The number of nitrogens with one attached hydrogen (secondary N) is 1. The molecule has 17 heavy (non-hydrogen) atoms. The van der Waals surface area contributed by atoms with Crippen molar-refractivity contribution in [1.29, 1.82) is 0 Å². The van der Waals surface area contributed by atoms with E-state index in [-0.39, 0.29) is 16.9 Å². The first kappa shape index (κ1) is 13.6. The van der Waals surface area contributed by atoms with Crippen LogP contribution in [0.2, 0.25) is 0 Å². The Labute approximate surface area is 106 Å². The van der Waals surface area contributed by atoms with Gasteiger partial charge >= 0.3 is 0 Å². The molecule has 1 rings (SSSR count). The summed E-state index contributed by atoms with van der Waals surface area (Å²) in [6.45, 7) is 5.21. The number of rotatable bonds is 4. The van der Waals surface area contributed by atoms with E-state index in [1.165, 1.54) is 0 Å². The van der Waals surface area contributed by atoms with Crippen molar-refractivity contribution in [1.82, 2.24) is 20.1 Å². The Morgan fingerprint density at radius 3 is 2.65 bits per heavy atom. The van der Waals surface area contributed by atoms with Crippen molar-refractivity contribution in [2.24, 2.45) is 18.2 Å². The molecule has 0 radical (unpaired) electrons. The molecule has 0 saturated heterocycles. The number of carbonyl (C=O) groups excluding carboxylic acids is 1. The molecule has 0 spiro atoms. The van der Waals surface area contributed by atoms with Gasteiger partial charge < -0.3 is 15.6 Å². The molecule has 1 aromatic rings. The normalized spacial score (nSPS) is 13.2. The van der Waals surface area contributed by atoms with E-state index in [1.54, 1.807) is 24.7 Å². The first-order chi connectivity index (χ1) is 7.76. The molecule has 0 fully saturated rings. The monoisotopic (exact) mass is 255 g/mol. The predicted molar refractivity (Wildman–Crippen MR) is 68.1 cm³/mol. The van der Waals surface area contributed by atoms with Gasteiger partial charge in [-0.3, -0.25) is 4.79 Å². The second kappa shape index (κ2) is 4.79. The van der Waals surface area contributed by atoms with Gasteiger partial charge in [-0.1, -0.05) is 12.2 Å². The quantitative estimate of drug-likeness (QED) is 0.756. The van der Waals surface area contributed by atoms with Crippen LogP contribution in [-0.2, 0) is 11.8 Å². The molecule has 0 bridgehead atoms. The minimum Gasteiger partial charge on any atom is -0.392 e. The van der Waals surface area contributed by atoms with Crippen LogP contribution in [0.15, 0.2) is 6.33 Å². The molecule has 1 aromatic heterocycles. The third kappa shape index (κ3) is 2.79. The summed E-state index contributed by atoms with van der Waals surface area (Å²) >= 11 is 4.87. The van der Waals surface area contributed by atoms with Crippen LogP contribution >= 0.6 is 12.2 Å². The molecule has 0 aliphatic carbocycles. The van der Waals surface area contributed by atoms with E-state index in [9.17, 15) is 4.79 Å². The van der Waals surface area contributed by atoms with Gasteiger partial charge in [-0.05, 0) is 20.8 Å². The third-order valence-corrected chi connectivity index (χ3v) is 3.18. The van der Waals surface area contributed by atoms with Gasteiger partial charge in [0.05, 0.1) is 16.4 Å². The lowest BCUT2D eigenvalue weighted by molar-refractivity contribution is -0.126. The number of hydrogen-bond acceptors (Lipinski definition) is 4. The highest BCUT2D eigenvalue weighted by molar-refractivity contribution is 7.80. The molecule has 3 N–H and O–H groups in total. The number of aromatic nitrogens is 3. The van der Waals surface area contributed by atoms with Crippen LogP contribution in [-0.4, -0.2) is 25.7 Å². The van der Waals surface area contributed by atoms with Crippen molar-refractivity contribution >= 4 is 23.1 Å². The van der Waals surface area contributed by atoms with Gasteiger partial charge in [0.2, 0.25) is 5.91 Å². The van der Waals surface area contributed by atoms with E-state index in [0.29, 0.717) is 5.82 Å². The summed E-state index contributed by atoms with van der Waals surface area (Å²) < 4.78 is 1.75. The molecule has 94 valence electrons. The third-order valence-electron chi connectivity index (χ3n) is 2.66. The van der Waals surface area contributed by atoms with Crippen LogP contribution in [0.3, 0.4) is 0 Å². The summed E-state index contributed by atoms with van der Waals surface area (Å²) in [5.41, 5.74) is 4.66. The van der Waals surface area contributed by atoms with Crippen molar-refractivity contribution in [2.75, 3.05) is 0 Å². The van der Waals surface area contributed by atoms with Gasteiger partial charge in [-0.25, -0.2) is 0 Å². The molecule has 1 unspecified atom stereocenters. The fraction of sp³-hybridized carbons (Fsp3) is 0.600. The zero-order valence-electron chi connectivity index (χ0n) is 10.4. The van der Waals surface area contributed by atoms with E-state index >= 15 is 0 Å². The number of carbonyl (C=O) groups is 1. The maximum absolute atomic E-state index is 12.0. The molecular weight excluding hydrogens is 238 g/mol. The molecule has 6 nitrogen and oxygen atoms in total. The van der Waals surface area contributed by atoms with E-state index in [1.807, 2.05) is 14.0 Å². The number of nitrogens with two attached hydrogens (primary N) is 1. The largest absolute Gasteiger partial charge is 0.392 e. The van der Waals surface area contributed by atoms with Gasteiger partial charge in [0, 0.05) is 7.05 Å². The van der Waals surface area contributed by atoms with E-state index < -0.39 is 5.41 Å². The molecule has 1 atom stereocenters. The minimum absolute atomic E-state index is 0.167. The van der Waals surface area contributed by atoms with Crippen LogP contribution in [0.1, 0.15) is 32.6 Å². The van der Waals surface area contributed by atoms with Gasteiger partial charge in [0.25, 0.3) is 0 Å². The van der Waals surface area contributed by atoms with Crippen LogP contribution in [0.4, 0.5) is 0 Å². The van der Waals surface area contributed by atoms with Crippen molar-refractivity contribution in [3.8, 4) is 0 Å². The van der Waals surface area contributed by atoms with E-state index in [4.69, 9.17) is 18.0 Å². The number of aryl methyl sites for hydroxylation is 1. The average Bonchev–Trinajstić information content (AvgIpc) is 2.63. The van der Waals surface area contributed by atoms with Crippen molar-refractivity contribution in [3.63, 3.8) is 0 Å². The second-order valence-electron chi connectivity index (χ2n) is 4.48. The standard InChI is InChI=1S/C10H17N5OS/c1-6(7-14-12-5-15(7)4)13-9(16)10(2,3)8(11)17/h5-6H,1-4H3,(H2,11,17)(H,13,16). The second-order valence-corrected chi connectivity index (χ2v) is 4.92. The average molecular weight is 255 g/mol. The Morgan fingerprint density at radius 2 is 2.24 bits per heavy atom. The van der Waals surface area contributed by atoms with Crippen LogP contribution in [0, 0.1) is 5.41 Å². The van der Waals surface area contributed by atoms with Crippen molar-refractivity contribution in [2.45, 2.75) is 26.8 Å². The van der Waals surface area contributed by atoms with Gasteiger partial charge in [-0.2, -0.15) is 0 Å². The summed E-state index contributed by atoms with van der Waals surface area (Å²) in [4.78, 5) is 12.2. The highest BCUT2D eigenvalue weighted by Crippen LogP contribution is 2.18. The summed E-state index contributed by atoms with van der Waals surface area (Å²) in [6, 6.07) is -0.247. The fourth-order valence-corrected chi connectivity index (χ4v) is 1.33. The number of amides is 1. The highest BCUT2D eigenvalue weighted by atomic mass is 32.1. The maximum atomic E-state index is 12.0. The Bertz CT molecular complexity index is 440. The lowest BCUT2D eigenvalue weighted by Gasteiger charge is -2.24. The lowest BCUT2D eigenvalue weighted by atomic mass is 9.92. The Morgan fingerprint density at radius 1 is 1.65 bits per heavy atom. The van der Waals surface area contributed by atoms with Crippen molar-refractivity contribution in [3.05, 3.63) is 12.2 Å². The summed E-state index contributed by atoms with van der Waals surface area (Å²) in [6.07, 6.45) is 1.58. The molecule has 1 heterocycles. The molecule has 0 aliphatic rings. The number of thiocarbonyl (C=S) groups is 1. The predicted octanol–water partition coefficient (Wildman–Crippen LogP) is 0.305. The van der Waals surface area contributed by atoms with Crippen molar-refractivity contribution < 1.29 is 4.79 Å². The van der Waals surface area contributed by atoms with Crippen LogP contribution in [0.25, 0.3) is 0 Å². The zero-order chi connectivity index (χ0) is 13.2. The molecular formula is C10H17N5OS. The summed E-state index contributed by atoms with van der Waals surface area (Å²) in [5.74, 6) is 0.456. The topological polar surface area (TPSA) is 85.8 Å². The van der Waals surface area contributed by atoms with Crippen LogP contribution in [0.5, 0.6) is 0 Å². The van der Waals surface area contributed by atoms with E-state index in [0.717, 1.165) is 0 Å². The molecule has 0 aliphatic heterocycles. The zero-order valence-corrected chi connectivity index (χ0v) is 11.2. The Balaban J connectivity index is 2.77. The SMILES string of the molecule is CC(NC(=O)C(C)(C)C(N)=S)c1nncn1C. The number of nitrogens with zero attached hydrogens (tertiary/aromatic N) is 3. The fourth-order valence-electron chi connectivity index (χ4n) is 1.24. The summed E-state index contributed by atoms with van der Waals surface area (Å²) in [5, 5.41) is 10.5. The Kier molecular flexibility index (Phi) is 3.82. The highest BCUT2D eigenvalue weighted by Gasteiger charge is 2.32. The molecule has 0 saturated carbocycles. The molecule has 1 amide bonds. The minimum atomic E-state index is -0.873. The first-order valence-electron chi connectivity index (χ1n) is 5.21. The van der Waals surface area contributed by atoms with Gasteiger partial charge in [-0.15, -0.1) is 10.2 Å². The summed E-state index contributed by atoms with van der Waals surface area (Å²) in [7, 11) is 1.82. The lowest BCUT2D eigenvalue weighted by Crippen LogP contribution is -2.45.